The van der Waals surface area contributed by atoms with E-state index in [0.29, 0.717) is 17.7 Å². The van der Waals surface area contributed by atoms with Gasteiger partial charge in [-0.05, 0) is 6.42 Å². The summed E-state index contributed by atoms with van der Waals surface area (Å²) in [6.07, 6.45) is 0.554. The van der Waals surface area contributed by atoms with Gasteiger partial charge in [0, 0.05) is 17.4 Å². The van der Waals surface area contributed by atoms with E-state index in [1.165, 1.54) is 17.8 Å². The molecule has 1 aromatic rings. The number of hydrogen-bond acceptors (Lipinski definition) is 5. The van der Waals surface area contributed by atoms with Crippen LogP contribution in [0.1, 0.15) is 5.56 Å². The number of aryl methyl sites for hydroxylation is 1. The first-order valence-electron chi connectivity index (χ1n) is 4.53. The number of amidine groups is 1. The maximum absolute atomic E-state index is 10.7. The SMILES string of the molecule is NN=C(N)SCCc1ccccc1[N+](=O)[O-]. The Morgan fingerprint density at radius 3 is 2.81 bits per heavy atom. The molecule has 7 heteroatoms. The normalized spacial score (nSPS) is 11.4. The summed E-state index contributed by atoms with van der Waals surface area (Å²) in [5.74, 6) is 5.57. The lowest BCUT2D eigenvalue weighted by molar-refractivity contribution is -0.385. The molecule has 1 aromatic carbocycles. The van der Waals surface area contributed by atoms with Crippen LogP contribution < -0.4 is 11.6 Å². The third-order valence-electron chi connectivity index (χ3n) is 1.94. The predicted octanol–water partition coefficient (Wildman–Crippen LogP) is 1.06. The largest absolute Gasteiger partial charge is 0.377 e. The number of thioether (sulfide) groups is 1. The quantitative estimate of drug-likeness (QED) is 0.269. The van der Waals surface area contributed by atoms with Crippen LogP contribution in [0.15, 0.2) is 29.4 Å². The molecule has 1 rings (SSSR count). The van der Waals surface area contributed by atoms with Crippen LogP contribution in [-0.2, 0) is 6.42 Å². The fourth-order valence-corrected chi connectivity index (χ4v) is 1.81. The molecule has 6 nitrogen and oxygen atoms in total. The van der Waals surface area contributed by atoms with Gasteiger partial charge >= 0.3 is 0 Å². The van der Waals surface area contributed by atoms with E-state index in [0.717, 1.165) is 0 Å². The molecule has 0 aliphatic carbocycles. The molecular formula is C9H12N4O2S. The molecule has 16 heavy (non-hydrogen) atoms. The van der Waals surface area contributed by atoms with E-state index < -0.39 is 0 Å². The molecular weight excluding hydrogens is 228 g/mol. The summed E-state index contributed by atoms with van der Waals surface area (Å²) in [5, 5.41) is 14.3. The summed E-state index contributed by atoms with van der Waals surface area (Å²) in [4.78, 5) is 10.3. The standard InChI is InChI=1S/C9H12N4O2S/c10-9(12-11)16-6-5-7-3-1-2-4-8(7)13(14)15/h1-4H,5-6,11H2,(H2,10,12). The van der Waals surface area contributed by atoms with Gasteiger partial charge in [0.25, 0.3) is 5.69 Å². The Labute approximate surface area is 96.8 Å². The van der Waals surface area contributed by atoms with Crippen LogP contribution in [0.3, 0.4) is 0 Å². The van der Waals surface area contributed by atoms with Gasteiger partial charge in [-0.15, -0.1) is 0 Å². The number of hydrazone groups is 1. The van der Waals surface area contributed by atoms with Crippen LogP contribution >= 0.6 is 11.8 Å². The van der Waals surface area contributed by atoms with Crippen LogP contribution in [0.25, 0.3) is 0 Å². The predicted molar refractivity (Wildman–Crippen MR) is 65.1 cm³/mol. The summed E-state index contributed by atoms with van der Waals surface area (Å²) in [6.45, 7) is 0. The van der Waals surface area contributed by atoms with Crippen LogP contribution in [0, 0.1) is 10.1 Å². The first-order valence-corrected chi connectivity index (χ1v) is 5.52. The fourth-order valence-electron chi connectivity index (χ4n) is 1.20. The van der Waals surface area contributed by atoms with Crippen LogP contribution in [0.2, 0.25) is 0 Å². The highest BCUT2D eigenvalue weighted by Crippen LogP contribution is 2.19. The number of nitrogens with zero attached hydrogens (tertiary/aromatic N) is 2. The number of para-hydroxylation sites is 1. The molecule has 0 saturated heterocycles. The van der Waals surface area contributed by atoms with Gasteiger partial charge in [0.2, 0.25) is 0 Å². The van der Waals surface area contributed by atoms with E-state index in [9.17, 15) is 10.1 Å². The second-order valence-corrected chi connectivity index (χ2v) is 4.07. The van der Waals surface area contributed by atoms with Crippen molar-refractivity contribution in [1.29, 1.82) is 0 Å². The second-order valence-electron chi connectivity index (χ2n) is 2.95. The molecule has 0 saturated carbocycles. The van der Waals surface area contributed by atoms with Crippen molar-refractivity contribution < 1.29 is 4.92 Å². The monoisotopic (exact) mass is 240 g/mol. The van der Waals surface area contributed by atoms with E-state index >= 15 is 0 Å². The molecule has 0 aromatic heterocycles. The van der Waals surface area contributed by atoms with E-state index in [1.54, 1.807) is 18.2 Å². The van der Waals surface area contributed by atoms with Crippen molar-refractivity contribution >= 4 is 22.6 Å². The Hall–Kier alpha value is -1.76. The lowest BCUT2D eigenvalue weighted by Crippen LogP contribution is -2.10. The van der Waals surface area contributed by atoms with Gasteiger partial charge in [0.15, 0.2) is 5.17 Å². The highest BCUT2D eigenvalue weighted by molar-refractivity contribution is 8.13. The van der Waals surface area contributed by atoms with Gasteiger partial charge in [0.1, 0.15) is 0 Å². The molecule has 0 amide bonds. The van der Waals surface area contributed by atoms with Crippen LogP contribution in [0.5, 0.6) is 0 Å². The Bertz CT molecular complexity index is 408. The van der Waals surface area contributed by atoms with Crippen molar-refractivity contribution in [1.82, 2.24) is 0 Å². The zero-order valence-corrected chi connectivity index (χ0v) is 9.31. The minimum Gasteiger partial charge on any atom is -0.377 e. The molecule has 0 heterocycles. The number of hydrogen-bond donors (Lipinski definition) is 2. The third kappa shape index (κ3) is 3.43. The molecule has 0 unspecified atom stereocenters. The number of nitrogens with two attached hydrogens (primary N) is 2. The topological polar surface area (TPSA) is 108 Å². The molecule has 0 spiro atoms. The van der Waals surface area contributed by atoms with Gasteiger partial charge in [-0.3, -0.25) is 10.1 Å². The highest BCUT2D eigenvalue weighted by atomic mass is 32.2. The average Bonchev–Trinajstić information content (AvgIpc) is 2.29. The maximum atomic E-state index is 10.7. The number of nitro benzene ring substituents is 1. The first kappa shape index (κ1) is 12.3. The number of nitro groups is 1. The molecule has 0 atom stereocenters. The number of rotatable bonds is 4. The van der Waals surface area contributed by atoms with Crippen molar-refractivity contribution in [3.63, 3.8) is 0 Å². The summed E-state index contributed by atoms with van der Waals surface area (Å²) < 4.78 is 0. The van der Waals surface area contributed by atoms with Crippen molar-refractivity contribution in [3.05, 3.63) is 39.9 Å². The fraction of sp³-hybridized carbons (Fsp3) is 0.222. The van der Waals surface area contributed by atoms with E-state index in [1.807, 2.05) is 0 Å². The maximum Gasteiger partial charge on any atom is 0.272 e. The zero-order chi connectivity index (χ0) is 12.0. The molecule has 0 aliphatic heterocycles. The second kappa shape index (κ2) is 5.96. The van der Waals surface area contributed by atoms with E-state index in [4.69, 9.17) is 11.6 Å². The smallest absolute Gasteiger partial charge is 0.272 e. The molecule has 0 bridgehead atoms. The summed E-state index contributed by atoms with van der Waals surface area (Å²) >= 11 is 1.27. The van der Waals surface area contributed by atoms with Gasteiger partial charge in [-0.1, -0.05) is 30.0 Å². The Morgan fingerprint density at radius 1 is 1.50 bits per heavy atom. The van der Waals surface area contributed by atoms with E-state index in [2.05, 4.69) is 5.10 Å². The van der Waals surface area contributed by atoms with Gasteiger partial charge in [-0.2, -0.15) is 5.10 Å². The van der Waals surface area contributed by atoms with Crippen molar-refractivity contribution in [3.8, 4) is 0 Å². The zero-order valence-electron chi connectivity index (χ0n) is 8.50. The molecule has 0 fully saturated rings. The lowest BCUT2D eigenvalue weighted by Gasteiger charge is -2.02. The summed E-state index contributed by atoms with van der Waals surface area (Å²) in [6, 6.07) is 6.63. The van der Waals surface area contributed by atoms with Gasteiger partial charge in [-0.25, -0.2) is 0 Å². The van der Waals surface area contributed by atoms with E-state index in [-0.39, 0.29) is 15.8 Å². The summed E-state index contributed by atoms with van der Waals surface area (Å²) in [7, 11) is 0. The van der Waals surface area contributed by atoms with Gasteiger partial charge < -0.3 is 11.6 Å². The molecule has 86 valence electrons. The lowest BCUT2D eigenvalue weighted by atomic mass is 10.1. The molecule has 4 N–H and O–H groups in total. The third-order valence-corrected chi connectivity index (χ3v) is 2.75. The van der Waals surface area contributed by atoms with Crippen molar-refractivity contribution in [2.45, 2.75) is 6.42 Å². The molecule has 0 radical (unpaired) electrons. The van der Waals surface area contributed by atoms with Crippen LogP contribution in [0.4, 0.5) is 5.69 Å². The first-order chi connectivity index (χ1) is 7.65. The number of benzene rings is 1. The Balaban J connectivity index is 2.63. The minimum absolute atomic E-state index is 0.131. The average molecular weight is 240 g/mol. The Kier molecular flexibility index (Phi) is 4.59. The highest BCUT2D eigenvalue weighted by Gasteiger charge is 2.11. The van der Waals surface area contributed by atoms with Crippen LogP contribution in [-0.4, -0.2) is 15.8 Å². The molecule has 0 aliphatic rings. The summed E-state index contributed by atoms with van der Waals surface area (Å²) in [5.41, 5.74) is 6.20. The minimum atomic E-state index is -0.389. The van der Waals surface area contributed by atoms with Crippen molar-refractivity contribution in [2.75, 3.05) is 5.75 Å². The Morgan fingerprint density at radius 2 is 2.19 bits per heavy atom. The van der Waals surface area contributed by atoms with Gasteiger partial charge in [0.05, 0.1) is 4.92 Å². The van der Waals surface area contributed by atoms with Crippen molar-refractivity contribution in [2.24, 2.45) is 16.7 Å².